The number of amides is 2. The van der Waals surface area contributed by atoms with Crippen LogP contribution >= 0.6 is 0 Å². The van der Waals surface area contributed by atoms with Gasteiger partial charge in [-0.2, -0.15) is 0 Å². The molecule has 28 heavy (non-hydrogen) atoms. The maximum atomic E-state index is 12.1. The first-order valence-electron chi connectivity index (χ1n) is 10.9. The molecule has 1 aromatic rings. The zero-order valence-electron chi connectivity index (χ0n) is 16.7. The lowest BCUT2D eigenvalue weighted by molar-refractivity contribution is -0.900. The highest BCUT2D eigenvalue weighted by molar-refractivity contribution is 5.82. The quantitative estimate of drug-likeness (QED) is 0.634. The second kappa shape index (κ2) is 8.95. The van der Waals surface area contributed by atoms with E-state index in [0.717, 1.165) is 44.6 Å². The number of fused-ring (bicyclic) bond motifs is 2. The zero-order chi connectivity index (χ0) is 19.3. The van der Waals surface area contributed by atoms with E-state index in [2.05, 4.69) is 40.0 Å². The van der Waals surface area contributed by atoms with Gasteiger partial charge in [-0.3, -0.25) is 20.4 Å². The number of hydrazine groups is 1. The third-order valence-electron chi connectivity index (χ3n) is 6.97. The number of hydrogen-bond donors (Lipinski definition) is 3. The van der Waals surface area contributed by atoms with Gasteiger partial charge in [0.05, 0.1) is 39.1 Å². The molecular formula is C22H33N4O2+. The van der Waals surface area contributed by atoms with Crippen LogP contribution in [0.3, 0.4) is 0 Å². The van der Waals surface area contributed by atoms with Crippen LogP contribution in [-0.4, -0.2) is 44.5 Å². The van der Waals surface area contributed by atoms with Gasteiger partial charge < -0.3 is 9.80 Å². The normalized spacial score (nSPS) is 27.0. The molecule has 2 aliphatic carbocycles. The highest BCUT2D eigenvalue weighted by Crippen LogP contribution is 2.49. The van der Waals surface area contributed by atoms with E-state index in [0.29, 0.717) is 18.8 Å². The number of piperazine rings is 1. The summed E-state index contributed by atoms with van der Waals surface area (Å²) in [5.74, 6) is 2.00. The van der Waals surface area contributed by atoms with Gasteiger partial charge in [-0.1, -0.05) is 24.6 Å². The Balaban J connectivity index is 1.09. The van der Waals surface area contributed by atoms with Crippen LogP contribution in [0.5, 0.6) is 0 Å². The molecule has 2 saturated carbocycles. The summed E-state index contributed by atoms with van der Waals surface area (Å²) < 4.78 is 0. The fourth-order valence-corrected chi connectivity index (χ4v) is 5.38. The number of quaternary nitrogens is 1. The predicted molar refractivity (Wildman–Crippen MR) is 109 cm³/mol. The number of rotatable bonds is 6. The summed E-state index contributed by atoms with van der Waals surface area (Å²) in [6.45, 7) is 4.93. The lowest BCUT2D eigenvalue weighted by Crippen LogP contribution is -3.15. The van der Waals surface area contributed by atoms with Crippen LogP contribution in [-0.2, 0) is 9.59 Å². The fourth-order valence-electron chi connectivity index (χ4n) is 5.38. The van der Waals surface area contributed by atoms with Crippen LogP contribution in [0.1, 0.15) is 38.5 Å². The van der Waals surface area contributed by atoms with Gasteiger partial charge in [0.15, 0.2) is 0 Å². The van der Waals surface area contributed by atoms with Crippen LogP contribution in [0.15, 0.2) is 30.3 Å². The monoisotopic (exact) mass is 385 g/mol. The number of carbonyl (C=O) groups excluding carboxylic acids is 2. The lowest BCUT2D eigenvalue weighted by Gasteiger charge is -2.33. The van der Waals surface area contributed by atoms with Crippen molar-refractivity contribution in [1.82, 2.24) is 10.9 Å². The molecule has 2 amide bonds. The summed E-state index contributed by atoms with van der Waals surface area (Å²) in [7, 11) is 0. The number of nitrogens with one attached hydrogen (secondary N) is 3. The van der Waals surface area contributed by atoms with E-state index in [9.17, 15) is 9.59 Å². The van der Waals surface area contributed by atoms with E-state index in [1.54, 1.807) is 0 Å². The maximum absolute atomic E-state index is 12.1. The van der Waals surface area contributed by atoms with Crippen molar-refractivity contribution in [3.8, 4) is 0 Å². The van der Waals surface area contributed by atoms with E-state index in [4.69, 9.17) is 0 Å². The molecule has 1 aliphatic heterocycles. The molecule has 6 nitrogen and oxygen atoms in total. The van der Waals surface area contributed by atoms with Gasteiger partial charge in [0.25, 0.3) is 0 Å². The molecule has 0 spiro atoms. The zero-order valence-corrected chi connectivity index (χ0v) is 16.7. The molecule has 3 fully saturated rings. The van der Waals surface area contributed by atoms with Crippen LogP contribution in [0, 0.1) is 17.8 Å². The van der Waals surface area contributed by atoms with Crippen molar-refractivity contribution in [2.75, 3.05) is 37.6 Å². The van der Waals surface area contributed by atoms with Gasteiger partial charge in [0.2, 0.25) is 11.8 Å². The molecule has 152 valence electrons. The Morgan fingerprint density at radius 2 is 1.75 bits per heavy atom. The molecule has 3 aliphatic rings. The Morgan fingerprint density at radius 3 is 2.43 bits per heavy atom. The number of nitrogens with zero attached hydrogens (tertiary/aromatic N) is 1. The summed E-state index contributed by atoms with van der Waals surface area (Å²) in [6.07, 6.45) is 6.16. The standard InChI is InChI=1S/C22H32N4O2/c27-21(23-24-22(28)16-19-15-17-6-7-18(19)14-17)8-9-25-10-12-26(13-11-25)20-4-2-1-3-5-20/h1-5,17-19H,6-16H2,(H,23,27)(H,24,28)/p+1/t17-,18+,19-/m0/s1. The van der Waals surface area contributed by atoms with Crippen molar-refractivity contribution in [3.63, 3.8) is 0 Å². The molecule has 0 unspecified atom stereocenters. The number of anilines is 1. The topological polar surface area (TPSA) is 65.9 Å². The molecule has 1 saturated heterocycles. The molecule has 2 bridgehead atoms. The van der Waals surface area contributed by atoms with Crippen LogP contribution < -0.4 is 20.7 Å². The van der Waals surface area contributed by atoms with Crippen LogP contribution in [0.4, 0.5) is 5.69 Å². The molecule has 3 atom stereocenters. The minimum Gasteiger partial charge on any atom is -0.360 e. The average molecular weight is 386 g/mol. The smallest absolute Gasteiger partial charge is 0.244 e. The number of carbonyl (C=O) groups is 2. The van der Waals surface area contributed by atoms with Gasteiger partial charge in [0.1, 0.15) is 0 Å². The average Bonchev–Trinajstić information content (AvgIpc) is 3.35. The van der Waals surface area contributed by atoms with E-state index >= 15 is 0 Å². The van der Waals surface area contributed by atoms with Crippen LogP contribution in [0.25, 0.3) is 0 Å². The minimum absolute atomic E-state index is 0.0327. The summed E-state index contributed by atoms with van der Waals surface area (Å²) >= 11 is 0. The molecule has 3 N–H and O–H groups in total. The van der Waals surface area contributed by atoms with Crippen molar-refractivity contribution < 1.29 is 14.5 Å². The first-order chi connectivity index (χ1) is 13.7. The third-order valence-corrected chi connectivity index (χ3v) is 6.97. The Bertz CT molecular complexity index is 672. The minimum atomic E-state index is -0.0840. The highest BCUT2D eigenvalue weighted by Gasteiger charge is 2.40. The van der Waals surface area contributed by atoms with Crippen molar-refractivity contribution in [2.24, 2.45) is 17.8 Å². The first-order valence-corrected chi connectivity index (χ1v) is 10.9. The molecule has 6 heteroatoms. The summed E-state index contributed by atoms with van der Waals surface area (Å²) in [6, 6.07) is 10.5. The lowest BCUT2D eigenvalue weighted by atomic mass is 9.86. The third kappa shape index (κ3) is 4.85. The molecule has 0 aromatic heterocycles. The number of hydrogen-bond acceptors (Lipinski definition) is 3. The molecule has 1 aromatic carbocycles. The molecule has 0 radical (unpaired) electrons. The maximum Gasteiger partial charge on any atom is 0.244 e. The largest absolute Gasteiger partial charge is 0.360 e. The number of para-hydroxylation sites is 1. The predicted octanol–water partition coefficient (Wildman–Crippen LogP) is 0.755. The summed E-state index contributed by atoms with van der Waals surface area (Å²) in [5, 5.41) is 0. The molecular weight excluding hydrogens is 352 g/mol. The van der Waals surface area contributed by atoms with Gasteiger partial charge in [-0.05, 0) is 49.1 Å². The van der Waals surface area contributed by atoms with E-state index in [1.807, 2.05) is 6.07 Å². The summed E-state index contributed by atoms with van der Waals surface area (Å²) in [5.41, 5.74) is 6.52. The fraction of sp³-hybridized carbons (Fsp3) is 0.636. The number of benzene rings is 1. The van der Waals surface area contributed by atoms with Crippen molar-refractivity contribution in [1.29, 1.82) is 0 Å². The second-order valence-corrected chi connectivity index (χ2v) is 8.81. The Kier molecular flexibility index (Phi) is 6.15. The SMILES string of the molecule is O=C(CC[NH+]1CCN(c2ccccc2)CC1)NNC(=O)C[C@@H]1C[C@H]2CC[C@@H]1C2. The van der Waals surface area contributed by atoms with Crippen molar-refractivity contribution in [2.45, 2.75) is 38.5 Å². The van der Waals surface area contributed by atoms with E-state index < -0.39 is 0 Å². The Labute approximate surface area is 167 Å². The molecule has 4 rings (SSSR count). The van der Waals surface area contributed by atoms with Gasteiger partial charge >= 0.3 is 0 Å². The van der Waals surface area contributed by atoms with Crippen molar-refractivity contribution in [3.05, 3.63) is 30.3 Å². The Hall–Kier alpha value is -2.08. The summed E-state index contributed by atoms with van der Waals surface area (Å²) in [4.78, 5) is 28.1. The van der Waals surface area contributed by atoms with Gasteiger partial charge in [0, 0.05) is 12.1 Å². The van der Waals surface area contributed by atoms with E-state index in [-0.39, 0.29) is 11.8 Å². The van der Waals surface area contributed by atoms with E-state index in [1.165, 1.54) is 36.3 Å². The van der Waals surface area contributed by atoms with Gasteiger partial charge in [-0.25, -0.2) is 0 Å². The van der Waals surface area contributed by atoms with Crippen LogP contribution in [0.2, 0.25) is 0 Å². The van der Waals surface area contributed by atoms with Crippen molar-refractivity contribution >= 4 is 17.5 Å². The highest BCUT2D eigenvalue weighted by atomic mass is 16.2. The Morgan fingerprint density at radius 1 is 1.00 bits per heavy atom. The first kappa shape index (κ1) is 19.2. The van der Waals surface area contributed by atoms with Gasteiger partial charge in [-0.15, -0.1) is 0 Å². The second-order valence-electron chi connectivity index (χ2n) is 8.81. The molecule has 1 heterocycles.